The van der Waals surface area contributed by atoms with Crippen molar-refractivity contribution in [1.82, 2.24) is 4.72 Å². The van der Waals surface area contributed by atoms with Crippen LogP contribution in [0.3, 0.4) is 0 Å². The molecule has 0 rings (SSSR count). The van der Waals surface area contributed by atoms with Gasteiger partial charge >= 0.3 is 0 Å². The minimum atomic E-state index is -2.94. The summed E-state index contributed by atoms with van der Waals surface area (Å²) in [6.45, 7) is 2.21. The fourth-order valence-corrected chi connectivity index (χ4v) is 1.57. The second-order valence-corrected chi connectivity index (χ2v) is 3.46. The van der Waals surface area contributed by atoms with Gasteiger partial charge in [-0.05, 0) is 0 Å². The van der Waals surface area contributed by atoms with Crippen LogP contribution < -0.4 is 4.72 Å². The van der Waals surface area contributed by atoms with Crippen LogP contribution in [0, 0.1) is 0 Å². The number of nitrogens with one attached hydrogen (secondary N) is 1. The molecule has 0 spiro atoms. The van der Waals surface area contributed by atoms with Gasteiger partial charge in [0.25, 0.3) is 0 Å². The van der Waals surface area contributed by atoms with E-state index in [-0.39, 0.29) is 5.88 Å². The van der Waals surface area contributed by atoms with Crippen molar-refractivity contribution in [3.05, 3.63) is 0 Å². The Labute approximate surface area is 60.4 Å². The fraction of sp³-hybridized carbons (Fsp3) is 0.750. The minimum Gasteiger partial charge on any atom is -0.302 e. The van der Waals surface area contributed by atoms with Crippen LogP contribution in [0.15, 0.2) is 0 Å². The third-order valence-corrected chi connectivity index (χ3v) is 2.30. The molecule has 0 fully saturated rings. The van der Waals surface area contributed by atoms with Crippen LogP contribution >= 0.6 is 11.6 Å². The Morgan fingerprint density at radius 3 is 2.78 bits per heavy atom. The molecule has 0 aliphatic heterocycles. The van der Waals surface area contributed by atoms with Gasteiger partial charge in [0.05, 0.1) is 5.88 Å². The third-order valence-electron chi connectivity index (χ3n) is 0.640. The first-order chi connectivity index (χ1) is 4.12. The Morgan fingerprint density at radius 1 is 1.89 bits per heavy atom. The molecular formula is C4H10ClNO2S. The van der Waals surface area contributed by atoms with Gasteiger partial charge in [-0.2, -0.15) is 0 Å². The molecule has 0 radical (unpaired) electrons. The third kappa shape index (κ3) is 4.72. The van der Waals surface area contributed by atoms with Crippen molar-refractivity contribution >= 4 is 27.0 Å². The normalized spacial score (nSPS) is 16.8. The summed E-state index contributed by atoms with van der Waals surface area (Å²) in [5.74, 6) is 0.0856. The van der Waals surface area contributed by atoms with Crippen LogP contribution in [-0.4, -0.2) is 26.6 Å². The highest BCUT2D eigenvalue weighted by Gasteiger charge is 1.94. The molecule has 3 nitrogen and oxygen atoms in total. The van der Waals surface area contributed by atoms with E-state index in [1.807, 2.05) is 0 Å². The molecule has 5 heteroatoms. The maximum atomic E-state index is 10.7. The molecule has 0 bridgehead atoms. The predicted octanol–water partition coefficient (Wildman–Crippen LogP) is 0.309. The summed E-state index contributed by atoms with van der Waals surface area (Å²) in [5.41, 5.74) is 0. The zero-order valence-corrected chi connectivity index (χ0v) is 6.71. The van der Waals surface area contributed by atoms with Crippen LogP contribution in [0.5, 0.6) is 0 Å². The van der Waals surface area contributed by atoms with Crippen LogP contribution in [-0.2, 0) is 9.99 Å². The van der Waals surface area contributed by atoms with Gasteiger partial charge < -0.3 is 4.55 Å². The topological polar surface area (TPSA) is 49.3 Å². The quantitative estimate of drug-likeness (QED) is 0.475. The van der Waals surface area contributed by atoms with Gasteiger partial charge in [0.15, 0.2) is 0 Å². The Kier molecular flexibility index (Phi) is 4.22. The van der Waals surface area contributed by atoms with Crippen molar-refractivity contribution in [2.75, 3.05) is 12.4 Å². The maximum absolute atomic E-state index is 10.7. The van der Waals surface area contributed by atoms with Gasteiger partial charge in [0, 0.05) is 11.9 Å². The number of hydrogen-bond acceptors (Lipinski definition) is 1. The van der Waals surface area contributed by atoms with Crippen molar-refractivity contribution in [3.63, 3.8) is 0 Å². The first kappa shape index (κ1) is 9.23. The molecule has 1 unspecified atom stereocenters. The van der Waals surface area contributed by atoms with E-state index in [0.717, 1.165) is 5.37 Å². The van der Waals surface area contributed by atoms with Gasteiger partial charge in [-0.1, -0.05) is 6.92 Å². The average molecular weight is 172 g/mol. The molecule has 0 saturated heterocycles. The van der Waals surface area contributed by atoms with Crippen LogP contribution in [0.1, 0.15) is 6.92 Å². The SMILES string of the molecule is CCNS(=O)(O)=CCCl. The van der Waals surface area contributed by atoms with Crippen LogP contribution in [0.2, 0.25) is 0 Å². The van der Waals surface area contributed by atoms with Gasteiger partial charge in [0.2, 0.25) is 0 Å². The number of alkyl halides is 1. The number of halogens is 1. The van der Waals surface area contributed by atoms with E-state index >= 15 is 0 Å². The van der Waals surface area contributed by atoms with E-state index in [9.17, 15) is 4.21 Å². The largest absolute Gasteiger partial charge is 0.302 e. The lowest BCUT2D eigenvalue weighted by molar-refractivity contribution is 0.546. The van der Waals surface area contributed by atoms with E-state index < -0.39 is 9.99 Å². The van der Waals surface area contributed by atoms with E-state index in [4.69, 9.17) is 16.2 Å². The van der Waals surface area contributed by atoms with Gasteiger partial charge in [-0.15, -0.1) is 11.6 Å². The summed E-state index contributed by atoms with van der Waals surface area (Å²) >= 11 is 5.19. The minimum absolute atomic E-state index is 0.0856. The molecule has 0 aromatic carbocycles. The van der Waals surface area contributed by atoms with Crippen molar-refractivity contribution in [1.29, 1.82) is 0 Å². The van der Waals surface area contributed by atoms with E-state index in [1.54, 1.807) is 6.92 Å². The number of hydrogen-bond donors (Lipinski definition) is 2. The second-order valence-electron chi connectivity index (χ2n) is 1.39. The fourth-order valence-electron chi connectivity index (χ4n) is 0.351. The molecule has 0 saturated carbocycles. The first-order valence-corrected chi connectivity index (χ1v) is 4.64. The molecule has 0 aliphatic carbocycles. The molecule has 0 heterocycles. The maximum Gasteiger partial charge on any atom is 0.142 e. The molecular weight excluding hydrogens is 162 g/mol. The van der Waals surface area contributed by atoms with Gasteiger partial charge in [-0.3, -0.25) is 0 Å². The summed E-state index contributed by atoms with van der Waals surface area (Å²) in [6, 6.07) is 0. The molecule has 0 amide bonds. The summed E-state index contributed by atoms with van der Waals surface area (Å²) in [6.07, 6.45) is 0. The van der Waals surface area contributed by atoms with Crippen molar-refractivity contribution in [2.24, 2.45) is 0 Å². The summed E-state index contributed by atoms with van der Waals surface area (Å²) in [4.78, 5) is 0. The Morgan fingerprint density at radius 2 is 2.44 bits per heavy atom. The summed E-state index contributed by atoms with van der Waals surface area (Å²) < 4.78 is 21.8. The first-order valence-electron chi connectivity index (χ1n) is 2.53. The van der Waals surface area contributed by atoms with Gasteiger partial charge in [0.1, 0.15) is 9.99 Å². The second kappa shape index (κ2) is 4.11. The number of rotatable bonds is 3. The summed E-state index contributed by atoms with van der Waals surface area (Å²) in [5, 5.41) is 1.14. The Balaban J connectivity index is 4.02. The predicted molar refractivity (Wildman–Crippen MR) is 41.2 cm³/mol. The van der Waals surface area contributed by atoms with Crippen molar-refractivity contribution < 1.29 is 8.76 Å². The van der Waals surface area contributed by atoms with Crippen molar-refractivity contribution in [2.45, 2.75) is 6.92 Å². The molecule has 9 heavy (non-hydrogen) atoms. The van der Waals surface area contributed by atoms with Crippen LogP contribution in [0.25, 0.3) is 0 Å². The smallest absolute Gasteiger partial charge is 0.142 e. The Hall–Kier alpha value is 0.230. The monoisotopic (exact) mass is 171 g/mol. The summed E-state index contributed by atoms with van der Waals surface area (Å²) in [7, 11) is -2.94. The highest BCUT2D eigenvalue weighted by atomic mass is 35.5. The van der Waals surface area contributed by atoms with Crippen molar-refractivity contribution in [3.8, 4) is 0 Å². The van der Waals surface area contributed by atoms with E-state index in [2.05, 4.69) is 4.72 Å². The average Bonchev–Trinajstić information content (AvgIpc) is 1.64. The molecule has 0 aromatic rings. The zero-order valence-electron chi connectivity index (χ0n) is 5.13. The Bertz CT molecular complexity index is 173. The lowest BCUT2D eigenvalue weighted by Gasteiger charge is -2.00. The zero-order chi connectivity index (χ0) is 7.33. The highest BCUT2D eigenvalue weighted by Crippen LogP contribution is 1.77. The molecule has 0 aliphatic rings. The highest BCUT2D eigenvalue weighted by molar-refractivity contribution is 7.94. The lowest BCUT2D eigenvalue weighted by Crippen LogP contribution is -2.24. The van der Waals surface area contributed by atoms with Crippen LogP contribution in [0.4, 0.5) is 0 Å². The lowest BCUT2D eigenvalue weighted by atomic mass is 10.8. The standard InChI is InChI=1S/C4H10ClNO2S/c1-2-6-9(7,8)4-3-5/h4H,2-3H2,1H3,(H2,6,7,8). The molecule has 56 valence electrons. The molecule has 2 N–H and O–H groups in total. The van der Waals surface area contributed by atoms with E-state index in [1.165, 1.54) is 0 Å². The van der Waals surface area contributed by atoms with Gasteiger partial charge in [-0.25, -0.2) is 8.93 Å². The molecule has 0 aromatic heterocycles. The molecule has 1 atom stereocenters. The van der Waals surface area contributed by atoms with E-state index in [0.29, 0.717) is 6.54 Å².